The van der Waals surface area contributed by atoms with Crippen LogP contribution in [0.5, 0.6) is 0 Å². The smallest absolute Gasteiger partial charge is 0.255 e. The molecule has 2 fully saturated rings. The maximum Gasteiger partial charge on any atom is 0.255 e. The lowest BCUT2D eigenvalue weighted by atomic mass is 9.89. The van der Waals surface area contributed by atoms with Crippen molar-refractivity contribution in [3.05, 3.63) is 47.2 Å². The number of halogens is 1. The van der Waals surface area contributed by atoms with Crippen molar-refractivity contribution >= 4 is 23.4 Å². The number of piperidine rings is 1. The lowest BCUT2D eigenvalue weighted by Crippen LogP contribution is -2.38. The van der Waals surface area contributed by atoms with E-state index in [2.05, 4.69) is 10.4 Å². The standard InChI is InChI=1S/C19H21ClN4O2/c1-23(15-7-12-9-18(25)21-11-13(12)8-15)19(26)16-10-14(3-4-17(16)20)24-6-2-5-22-24/h2-6,10,12-13,15H,7-9,11H2,1H3,(H,21,25)/t12-,13+,15-/m0/s1. The summed E-state index contributed by atoms with van der Waals surface area (Å²) in [5, 5.41) is 7.57. The second kappa shape index (κ2) is 6.76. The Morgan fingerprint density at radius 3 is 2.92 bits per heavy atom. The van der Waals surface area contributed by atoms with Crippen LogP contribution >= 0.6 is 11.6 Å². The predicted molar refractivity (Wildman–Crippen MR) is 98.3 cm³/mol. The fourth-order valence-electron chi connectivity index (χ4n) is 4.15. The number of benzene rings is 1. The molecular formula is C19H21ClN4O2. The first kappa shape index (κ1) is 17.1. The number of aromatic nitrogens is 2. The van der Waals surface area contributed by atoms with E-state index < -0.39 is 0 Å². The number of carbonyl (C=O) groups is 2. The van der Waals surface area contributed by atoms with Crippen molar-refractivity contribution in [3.63, 3.8) is 0 Å². The van der Waals surface area contributed by atoms with Crippen LogP contribution in [0.4, 0.5) is 0 Å². The molecular weight excluding hydrogens is 352 g/mol. The highest BCUT2D eigenvalue weighted by molar-refractivity contribution is 6.33. The maximum absolute atomic E-state index is 13.1. The number of fused-ring (bicyclic) bond motifs is 1. The van der Waals surface area contributed by atoms with Gasteiger partial charge in [0.2, 0.25) is 5.91 Å². The molecule has 0 unspecified atom stereocenters. The lowest BCUT2D eigenvalue weighted by Gasteiger charge is -2.25. The number of hydrogen-bond acceptors (Lipinski definition) is 3. The number of carbonyl (C=O) groups excluding carboxylic acids is 2. The van der Waals surface area contributed by atoms with E-state index in [0.717, 1.165) is 25.1 Å². The zero-order chi connectivity index (χ0) is 18.3. The van der Waals surface area contributed by atoms with Gasteiger partial charge < -0.3 is 10.2 Å². The van der Waals surface area contributed by atoms with Crippen LogP contribution in [-0.4, -0.2) is 46.1 Å². The molecule has 136 valence electrons. The number of nitrogens with zero attached hydrogens (tertiary/aromatic N) is 3. The Bertz CT molecular complexity index is 836. The predicted octanol–water partition coefficient (Wildman–Crippen LogP) is 2.51. The molecule has 3 atom stereocenters. The van der Waals surface area contributed by atoms with Gasteiger partial charge in [-0.3, -0.25) is 9.59 Å². The minimum atomic E-state index is -0.0908. The molecule has 2 aliphatic rings. The van der Waals surface area contributed by atoms with E-state index in [9.17, 15) is 9.59 Å². The van der Waals surface area contributed by atoms with E-state index in [1.807, 2.05) is 25.4 Å². The Labute approximate surface area is 157 Å². The van der Waals surface area contributed by atoms with Gasteiger partial charge in [0.1, 0.15) is 0 Å². The van der Waals surface area contributed by atoms with Gasteiger partial charge in [0, 0.05) is 38.4 Å². The van der Waals surface area contributed by atoms with Crippen LogP contribution in [0.2, 0.25) is 5.02 Å². The highest BCUT2D eigenvalue weighted by atomic mass is 35.5. The van der Waals surface area contributed by atoms with Crippen molar-refractivity contribution in [1.29, 1.82) is 0 Å². The molecule has 6 nitrogen and oxygen atoms in total. The number of amides is 2. The Morgan fingerprint density at radius 2 is 2.15 bits per heavy atom. The summed E-state index contributed by atoms with van der Waals surface area (Å²) in [5.74, 6) is 0.858. The molecule has 26 heavy (non-hydrogen) atoms. The van der Waals surface area contributed by atoms with Crippen molar-refractivity contribution in [2.24, 2.45) is 11.8 Å². The fraction of sp³-hybridized carbons (Fsp3) is 0.421. The Kier molecular flexibility index (Phi) is 4.44. The molecule has 1 N–H and O–H groups in total. The highest BCUT2D eigenvalue weighted by Gasteiger charge is 2.40. The SMILES string of the molecule is CN(C(=O)c1cc(-n2cccn2)ccc1Cl)[C@H]1C[C@H]2CC(=O)NC[C@H]2C1. The second-order valence-corrected chi connectivity index (χ2v) is 7.59. The third-order valence-corrected chi connectivity index (χ3v) is 5.97. The molecule has 1 aromatic heterocycles. The van der Waals surface area contributed by atoms with Gasteiger partial charge in [-0.2, -0.15) is 5.10 Å². The molecule has 2 heterocycles. The van der Waals surface area contributed by atoms with Crippen molar-refractivity contribution in [1.82, 2.24) is 20.0 Å². The van der Waals surface area contributed by atoms with Gasteiger partial charge in [0.15, 0.2) is 0 Å². The average Bonchev–Trinajstić information content (AvgIpc) is 3.30. The van der Waals surface area contributed by atoms with Crippen molar-refractivity contribution in [2.75, 3.05) is 13.6 Å². The molecule has 2 amide bonds. The van der Waals surface area contributed by atoms with Crippen molar-refractivity contribution in [3.8, 4) is 5.69 Å². The Balaban J connectivity index is 1.54. The van der Waals surface area contributed by atoms with E-state index in [0.29, 0.717) is 28.8 Å². The molecule has 1 aliphatic carbocycles. The summed E-state index contributed by atoms with van der Waals surface area (Å²) in [6, 6.07) is 7.32. The molecule has 1 aliphatic heterocycles. The topological polar surface area (TPSA) is 67.2 Å². The van der Waals surface area contributed by atoms with Crippen LogP contribution < -0.4 is 5.32 Å². The van der Waals surface area contributed by atoms with Gasteiger partial charge in [-0.25, -0.2) is 4.68 Å². The van der Waals surface area contributed by atoms with Crippen LogP contribution in [0.3, 0.4) is 0 Å². The summed E-state index contributed by atoms with van der Waals surface area (Å²) in [5.41, 5.74) is 1.28. The van der Waals surface area contributed by atoms with Crippen molar-refractivity contribution in [2.45, 2.75) is 25.3 Å². The molecule has 0 bridgehead atoms. The van der Waals surface area contributed by atoms with Gasteiger partial charge in [-0.1, -0.05) is 11.6 Å². The van der Waals surface area contributed by atoms with Crippen LogP contribution in [0.15, 0.2) is 36.7 Å². The highest BCUT2D eigenvalue weighted by Crippen LogP contribution is 2.38. The largest absolute Gasteiger partial charge is 0.356 e. The van der Waals surface area contributed by atoms with Gasteiger partial charge in [-0.05, 0) is 48.9 Å². The average molecular weight is 373 g/mol. The van der Waals surface area contributed by atoms with Crippen LogP contribution in [-0.2, 0) is 4.79 Å². The van der Waals surface area contributed by atoms with Gasteiger partial charge in [0.25, 0.3) is 5.91 Å². The number of hydrogen-bond donors (Lipinski definition) is 1. The molecule has 0 spiro atoms. The monoisotopic (exact) mass is 372 g/mol. The molecule has 1 aromatic carbocycles. The Hall–Kier alpha value is -2.34. The normalized spacial score (nSPS) is 24.8. The molecule has 4 rings (SSSR count). The van der Waals surface area contributed by atoms with E-state index in [4.69, 9.17) is 11.6 Å². The van der Waals surface area contributed by atoms with E-state index >= 15 is 0 Å². The summed E-state index contributed by atoms with van der Waals surface area (Å²) < 4.78 is 1.70. The molecule has 2 aromatic rings. The number of nitrogens with one attached hydrogen (secondary N) is 1. The van der Waals surface area contributed by atoms with Gasteiger partial charge >= 0.3 is 0 Å². The summed E-state index contributed by atoms with van der Waals surface area (Å²) in [7, 11) is 1.83. The van der Waals surface area contributed by atoms with Gasteiger partial charge in [0.05, 0.1) is 16.3 Å². The lowest BCUT2D eigenvalue weighted by molar-refractivity contribution is -0.124. The third-order valence-electron chi connectivity index (χ3n) is 5.64. The quantitative estimate of drug-likeness (QED) is 0.900. The summed E-state index contributed by atoms with van der Waals surface area (Å²) >= 11 is 6.31. The van der Waals surface area contributed by atoms with Crippen molar-refractivity contribution < 1.29 is 9.59 Å². The van der Waals surface area contributed by atoms with Crippen LogP contribution in [0.1, 0.15) is 29.6 Å². The first-order chi connectivity index (χ1) is 12.5. The van der Waals surface area contributed by atoms with E-state index in [1.54, 1.807) is 27.9 Å². The second-order valence-electron chi connectivity index (χ2n) is 7.18. The zero-order valence-corrected chi connectivity index (χ0v) is 15.3. The first-order valence-electron chi connectivity index (χ1n) is 8.86. The van der Waals surface area contributed by atoms with Crippen LogP contribution in [0.25, 0.3) is 5.69 Å². The zero-order valence-electron chi connectivity index (χ0n) is 14.6. The molecule has 0 radical (unpaired) electrons. The Morgan fingerprint density at radius 1 is 1.35 bits per heavy atom. The molecule has 7 heteroatoms. The first-order valence-corrected chi connectivity index (χ1v) is 9.24. The minimum absolute atomic E-state index is 0.0908. The molecule has 1 saturated heterocycles. The number of rotatable bonds is 3. The third kappa shape index (κ3) is 3.09. The maximum atomic E-state index is 13.1. The summed E-state index contributed by atoms with van der Waals surface area (Å²) in [6.07, 6.45) is 5.88. The summed E-state index contributed by atoms with van der Waals surface area (Å²) in [4.78, 5) is 26.5. The summed E-state index contributed by atoms with van der Waals surface area (Å²) in [6.45, 7) is 0.720. The van der Waals surface area contributed by atoms with E-state index in [1.165, 1.54) is 0 Å². The minimum Gasteiger partial charge on any atom is -0.356 e. The molecule has 1 saturated carbocycles. The van der Waals surface area contributed by atoms with E-state index in [-0.39, 0.29) is 17.9 Å². The fourth-order valence-corrected chi connectivity index (χ4v) is 4.35. The van der Waals surface area contributed by atoms with Gasteiger partial charge in [-0.15, -0.1) is 0 Å². The van der Waals surface area contributed by atoms with Crippen LogP contribution in [0, 0.1) is 11.8 Å².